The summed E-state index contributed by atoms with van der Waals surface area (Å²) in [5, 5.41) is 10.4. The van der Waals surface area contributed by atoms with Crippen LogP contribution < -0.4 is 0 Å². The highest BCUT2D eigenvalue weighted by Gasteiger charge is 2.49. The molecule has 1 saturated carbocycles. The van der Waals surface area contributed by atoms with E-state index in [2.05, 4.69) is 32.1 Å². The van der Waals surface area contributed by atoms with Crippen LogP contribution in [0.15, 0.2) is 24.3 Å². The molecule has 2 fully saturated rings. The van der Waals surface area contributed by atoms with Gasteiger partial charge >= 0.3 is 13.1 Å². The van der Waals surface area contributed by atoms with Gasteiger partial charge in [-0.2, -0.15) is 0 Å². The van der Waals surface area contributed by atoms with E-state index in [1.165, 1.54) is 20.0 Å². The molecule has 2 aliphatic rings. The molecule has 176 valence electrons. The van der Waals surface area contributed by atoms with Crippen LogP contribution in [-0.4, -0.2) is 43.6 Å². The Bertz CT molecular complexity index is 564. The van der Waals surface area contributed by atoms with Crippen LogP contribution in [0.2, 0.25) is 6.32 Å². The van der Waals surface area contributed by atoms with E-state index in [0.717, 1.165) is 57.7 Å². The quantitative estimate of drug-likeness (QED) is 0.160. The highest BCUT2D eigenvalue weighted by Crippen LogP contribution is 2.44. The summed E-state index contributed by atoms with van der Waals surface area (Å²) in [6.07, 6.45) is 20.1. The number of carbonyl (C=O) groups excluding carboxylic acids is 1. The predicted octanol–water partition coefficient (Wildman–Crippen LogP) is 5.48. The van der Waals surface area contributed by atoms with Crippen molar-refractivity contribution in [2.24, 2.45) is 11.8 Å². The van der Waals surface area contributed by atoms with E-state index < -0.39 is 0 Å². The third kappa shape index (κ3) is 9.11. The van der Waals surface area contributed by atoms with Crippen molar-refractivity contribution in [3.05, 3.63) is 24.3 Å². The standard InChI is InChI=1S/C25H43BO5/c1-4-6-10-13-20(27)16-17-22-21(14-11-8-9-12-15-25(28)29-3)23-19-24(22)31-26(30-23)18-7-5-2/h8,11,16-17,20-24,27H,4-7,9-10,12-15,18-19H2,1-3H3/b11-8-,17-16+/t20-,21+,22+,23-,24+/m0/s1. The highest BCUT2D eigenvalue weighted by molar-refractivity contribution is 6.44. The first kappa shape index (κ1) is 26.1. The molecule has 5 nitrogen and oxygen atoms in total. The predicted molar refractivity (Wildman–Crippen MR) is 126 cm³/mol. The number of carbonyl (C=O) groups is 1. The number of allylic oxidation sites excluding steroid dienone is 2. The third-order valence-electron chi connectivity index (χ3n) is 6.53. The van der Waals surface area contributed by atoms with Gasteiger partial charge in [0.25, 0.3) is 0 Å². The molecule has 0 aromatic heterocycles. The number of hydrogen-bond acceptors (Lipinski definition) is 5. The minimum absolute atomic E-state index is 0.0943. The minimum Gasteiger partial charge on any atom is -0.469 e. The molecular formula is C25H43BO5. The van der Waals surface area contributed by atoms with Gasteiger partial charge in [0.15, 0.2) is 0 Å². The number of ether oxygens (including phenoxy) is 1. The van der Waals surface area contributed by atoms with Crippen LogP contribution >= 0.6 is 0 Å². The second-order valence-corrected chi connectivity index (χ2v) is 9.02. The molecule has 6 heteroatoms. The molecule has 2 bridgehead atoms. The summed E-state index contributed by atoms with van der Waals surface area (Å²) in [5.41, 5.74) is 0. The molecular weight excluding hydrogens is 391 g/mol. The van der Waals surface area contributed by atoms with Crippen LogP contribution in [-0.2, 0) is 18.8 Å². The van der Waals surface area contributed by atoms with Crippen molar-refractivity contribution in [3.8, 4) is 0 Å². The molecule has 0 aromatic carbocycles. The first-order chi connectivity index (χ1) is 15.1. The van der Waals surface area contributed by atoms with Crippen molar-refractivity contribution in [3.63, 3.8) is 0 Å². The molecule has 1 aliphatic heterocycles. The van der Waals surface area contributed by atoms with Gasteiger partial charge in [0.05, 0.1) is 19.3 Å². The average Bonchev–Trinajstić information content (AvgIpc) is 3.01. The zero-order valence-corrected chi connectivity index (χ0v) is 19.8. The summed E-state index contributed by atoms with van der Waals surface area (Å²) in [7, 11) is 1.34. The normalized spacial score (nSPS) is 26.8. The van der Waals surface area contributed by atoms with Crippen molar-refractivity contribution in [1.82, 2.24) is 0 Å². The van der Waals surface area contributed by atoms with Gasteiger partial charge in [-0.05, 0) is 44.3 Å². The molecule has 31 heavy (non-hydrogen) atoms. The Morgan fingerprint density at radius 2 is 1.90 bits per heavy atom. The molecule has 0 unspecified atom stereocenters. The van der Waals surface area contributed by atoms with Crippen molar-refractivity contribution in [2.75, 3.05) is 7.11 Å². The number of aliphatic hydroxyl groups excluding tert-OH is 1. The second kappa shape index (κ2) is 14.9. The first-order valence-corrected chi connectivity index (χ1v) is 12.5. The van der Waals surface area contributed by atoms with E-state index in [0.29, 0.717) is 12.3 Å². The fraction of sp³-hybridized carbons (Fsp3) is 0.800. The molecule has 1 saturated heterocycles. The Kier molecular flexibility index (Phi) is 12.5. The molecule has 0 aromatic rings. The number of aliphatic hydroxyl groups is 1. The number of esters is 1. The van der Waals surface area contributed by atoms with E-state index in [9.17, 15) is 9.90 Å². The fourth-order valence-electron chi connectivity index (χ4n) is 4.69. The van der Waals surface area contributed by atoms with Gasteiger partial charge in [0.1, 0.15) is 0 Å². The van der Waals surface area contributed by atoms with Gasteiger partial charge < -0.3 is 19.2 Å². The van der Waals surface area contributed by atoms with Gasteiger partial charge in [0.2, 0.25) is 0 Å². The summed E-state index contributed by atoms with van der Waals surface area (Å²) in [5.74, 6) is 0.495. The van der Waals surface area contributed by atoms with Crippen LogP contribution in [0.4, 0.5) is 0 Å². The van der Waals surface area contributed by atoms with Crippen LogP contribution in [0, 0.1) is 11.8 Å². The Morgan fingerprint density at radius 3 is 2.65 bits per heavy atom. The zero-order valence-electron chi connectivity index (χ0n) is 19.8. The maximum Gasteiger partial charge on any atom is 0.457 e. The summed E-state index contributed by atoms with van der Waals surface area (Å²) in [6, 6.07) is 0. The van der Waals surface area contributed by atoms with Crippen LogP contribution in [0.5, 0.6) is 0 Å². The Balaban J connectivity index is 1.93. The van der Waals surface area contributed by atoms with Crippen molar-refractivity contribution < 1.29 is 23.9 Å². The number of methoxy groups -OCH3 is 1. The van der Waals surface area contributed by atoms with E-state index in [1.807, 2.05) is 6.08 Å². The fourth-order valence-corrected chi connectivity index (χ4v) is 4.69. The lowest BCUT2D eigenvalue weighted by molar-refractivity contribution is -0.140. The monoisotopic (exact) mass is 434 g/mol. The van der Waals surface area contributed by atoms with Gasteiger partial charge in [-0.15, -0.1) is 0 Å². The van der Waals surface area contributed by atoms with Gasteiger partial charge in [0, 0.05) is 18.4 Å². The molecule has 1 aliphatic carbocycles. The van der Waals surface area contributed by atoms with Crippen LogP contribution in [0.1, 0.15) is 84.5 Å². The summed E-state index contributed by atoms with van der Waals surface area (Å²) >= 11 is 0. The SMILES string of the molecule is CCCCC[C@H](O)/C=C/[C@@H]1[C@@H](C/C=C\CCCC(=O)OC)[C@@H]2C[C@H]1OB(CCCC)O2. The van der Waals surface area contributed by atoms with Crippen LogP contribution in [0.3, 0.4) is 0 Å². The summed E-state index contributed by atoms with van der Waals surface area (Å²) in [6.45, 7) is 4.37. The molecule has 2 rings (SSSR count). The zero-order chi connectivity index (χ0) is 22.5. The third-order valence-corrected chi connectivity index (χ3v) is 6.53. The number of unbranched alkanes of at least 4 members (excludes halogenated alkanes) is 4. The lowest BCUT2D eigenvalue weighted by atomic mass is 9.80. The summed E-state index contributed by atoms with van der Waals surface area (Å²) in [4.78, 5) is 11.2. The maximum absolute atomic E-state index is 11.2. The Labute approximate surface area is 189 Å². The number of hydrogen-bond donors (Lipinski definition) is 1. The lowest BCUT2D eigenvalue weighted by Crippen LogP contribution is -2.37. The Morgan fingerprint density at radius 1 is 1.13 bits per heavy atom. The molecule has 0 amide bonds. The second-order valence-electron chi connectivity index (χ2n) is 9.02. The van der Waals surface area contributed by atoms with E-state index >= 15 is 0 Å². The lowest BCUT2D eigenvalue weighted by Gasteiger charge is -2.27. The van der Waals surface area contributed by atoms with Crippen molar-refractivity contribution >= 4 is 13.1 Å². The molecule has 1 N–H and O–H groups in total. The summed E-state index contributed by atoms with van der Waals surface area (Å²) < 4.78 is 17.3. The highest BCUT2D eigenvalue weighted by atomic mass is 16.6. The van der Waals surface area contributed by atoms with E-state index in [-0.39, 0.29) is 37.3 Å². The largest absolute Gasteiger partial charge is 0.469 e. The number of rotatable bonds is 15. The molecule has 1 heterocycles. The van der Waals surface area contributed by atoms with Gasteiger partial charge in [-0.25, -0.2) is 0 Å². The first-order valence-electron chi connectivity index (χ1n) is 12.5. The maximum atomic E-state index is 11.2. The Hall–Kier alpha value is -1.11. The molecule has 5 atom stereocenters. The number of fused-ring (bicyclic) bond motifs is 2. The van der Waals surface area contributed by atoms with Crippen LogP contribution in [0.25, 0.3) is 0 Å². The van der Waals surface area contributed by atoms with Crippen molar-refractivity contribution in [1.29, 1.82) is 0 Å². The van der Waals surface area contributed by atoms with E-state index in [1.54, 1.807) is 0 Å². The molecule has 0 radical (unpaired) electrons. The average molecular weight is 434 g/mol. The van der Waals surface area contributed by atoms with Gasteiger partial charge in [-0.1, -0.05) is 70.3 Å². The van der Waals surface area contributed by atoms with Gasteiger partial charge in [-0.3, -0.25) is 4.79 Å². The van der Waals surface area contributed by atoms with E-state index in [4.69, 9.17) is 14.0 Å². The smallest absolute Gasteiger partial charge is 0.457 e. The minimum atomic E-state index is -0.377. The van der Waals surface area contributed by atoms with Crippen molar-refractivity contribution in [2.45, 2.75) is 109 Å². The topological polar surface area (TPSA) is 65.0 Å². The molecule has 0 spiro atoms.